The summed E-state index contributed by atoms with van der Waals surface area (Å²) in [7, 11) is 0. The first-order valence-electron chi connectivity index (χ1n) is 10.1. The minimum absolute atomic E-state index is 0.0693. The van der Waals surface area contributed by atoms with Gasteiger partial charge in [-0.2, -0.15) is 0 Å². The minimum atomic E-state index is -0.760. The fraction of sp³-hybridized carbons (Fsp3) is 0.154. The van der Waals surface area contributed by atoms with Crippen molar-refractivity contribution < 1.29 is 14.7 Å². The predicted octanol–water partition coefficient (Wildman–Crippen LogP) is 5.84. The molecule has 4 rings (SSSR count). The molecular weight excluding hydrogens is 410 g/mol. The molecule has 3 aromatic carbocycles. The Hall–Kier alpha value is -3.37. The van der Waals surface area contributed by atoms with Crippen molar-refractivity contribution in [3.8, 4) is 0 Å². The van der Waals surface area contributed by atoms with E-state index in [1.807, 2.05) is 62.4 Å². The van der Waals surface area contributed by atoms with E-state index in [0.717, 1.165) is 23.1 Å². The number of hydrogen-bond donors (Lipinski definition) is 1. The molecule has 1 amide bonds. The number of aryl methyl sites for hydroxylation is 2. The van der Waals surface area contributed by atoms with Gasteiger partial charge in [0.2, 0.25) is 0 Å². The van der Waals surface area contributed by atoms with Crippen LogP contribution < -0.4 is 4.90 Å². The van der Waals surface area contributed by atoms with Gasteiger partial charge in [0, 0.05) is 16.3 Å². The first-order valence-corrected chi connectivity index (χ1v) is 10.5. The lowest BCUT2D eigenvalue weighted by atomic mass is 9.94. The summed E-state index contributed by atoms with van der Waals surface area (Å²) >= 11 is 6.21. The standard InChI is InChI=1S/C26H22ClNO3/c1-3-17-10-12-19(13-11-17)24(29)22-23(18-7-5-4-6-8-18)28(26(31)25(22)30)21-15-20(27)14-9-16(21)2/h4-15,23,29H,3H2,1-2H3/b24-22+. The first-order chi connectivity index (χ1) is 14.9. The van der Waals surface area contributed by atoms with Crippen LogP contribution in [0.5, 0.6) is 0 Å². The van der Waals surface area contributed by atoms with Gasteiger partial charge in [-0.1, -0.05) is 79.2 Å². The smallest absolute Gasteiger partial charge is 0.300 e. The van der Waals surface area contributed by atoms with Gasteiger partial charge < -0.3 is 5.11 Å². The molecule has 1 fully saturated rings. The van der Waals surface area contributed by atoms with Crippen molar-refractivity contribution in [3.05, 3.63) is 106 Å². The molecule has 1 N–H and O–H groups in total. The largest absolute Gasteiger partial charge is 0.507 e. The summed E-state index contributed by atoms with van der Waals surface area (Å²) in [4.78, 5) is 27.8. The summed E-state index contributed by atoms with van der Waals surface area (Å²) in [5.74, 6) is -1.59. The number of anilines is 1. The van der Waals surface area contributed by atoms with E-state index in [2.05, 4.69) is 0 Å². The van der Waals surface area contributed by atoms with Crippen molar-refractivity contribution in [2.24, 2.45) is 0 Å². The molecule has 31 heavy (non-hydrogen) atoms. The van der Waals surface area contributed by atoms with Crippen LogP contribution >= 0.6 is 11.6 Å². The van der Waals surface area contributed by atoms with E-state index < -0.39 is 17.7 Å². The van der Waals surface area contributed by atoms with Crippen LogP contribution in [-0.4, -0.2) is 16.8 Å². The zero-order valence-electron chi connectivity index (χ0n) is 17.3. The lowest BCUT2D eigenvalue weighted by Crippen LogP contribution is -2.30. The summed E-state index contributed by atoms with van der Waals surface area (Å²) < 4.78 is 0. The van der Waals surface area contributed by atoms with Crippen molar-refractivity contribution in [1.29, 1.82) is 0 Å². The predicted molar refractivity (Wildman–Crippen MR) is 123 cm³/mol. The normalized spacial score (nSPS) is 17.9. The summed E-state index contributed by atoms with van der Waals surface area (Å²) in [5.41, 5.74) is 3.76. The van der Waals surface area contributed by atoms with Gasteiger partial charge in [-0.05, 0) is 42.2 Å². The van der Waals surface area contributed by atoms with Crippen LogP contribution in [0.4, 0.5) is 5.69 Å². The number of nitrogens with zero attached hydrogens (tertiary/aromatic N) is 1. The average molecular weight is 432 g/mol. The fourth-order valence-corrected chi connectivity index (χ4v) is 4.09. The molecule has 5 heteroatoms. The average Bonchev–Trinajstić information content (AvgIpc) is 3.06. The molecule has 4 nitrogen and oxygen atoms in total. The highest BCUT2D eigenvalue weighted by atomic mass is 35.5. The van der Waals surface area contributed by atoms with Crippen molar-refractivity contribution in [1.82, 2.24) is 0 Å². The molecule has 0 bridgehead atoms. The number of rotatable bonds is 4. The van der Waals surface area contributed by atoms with Gasteiger partial charge >= 0.3 is 0 Å². The van der Waals surface area contributed by atoms with Crippen LogP contribution in [-0.2, 0) is 16.0 Å². The maximum atomic E-state index is 13.2. The van der Waals surface area contributed by atoms with E-state index in [9.17, 15) is 14.7 Å². The van der Waals surface area contributed by atoms with Crippen LogP contribution in [0.15, 0.2) is 78.4 Å². The Bertz CT molecular complexity index is 1180. The molecule has 1 atom stereocenters. The van der Waals surface area contributed by atoms with Gasteiger partial charge in [0.15, 0.2) is 0 Å². The molecule has 156 valence electrons. The molecule has 1 heterocycles. The number of aliphatic hydroxyl groups excluding tert-OH is 1. The third-order valence-electron chi connectivity index (χ3n) is 5.63. The van der Waals surface area contributed by atoms with Gasteiger partial charge in [0.05, 0.1) is 11.6 Å². The molecule has 0 spiro atoms. The Morgan fingerprint density at radius 2 is 1.68 bits per heavy atom. The summed E-state index contributed by atoms with van der Waals surface area (Å²) in [6.07, 6.45) is 0.865. The van der Waals surface area contributed by atoms with Crippen molar-refractivity contribution in [2.75, 3.05) is 4.90 Å². The molecule has 1 aliphatic rings. The second-order valence-electron chi connectivity index (χ2n) is 7.56. The third-order valence-corrected chi connectivity index (χ3v) is 5.86. The fourth-order valence-electron chi connectivity index (χ4n) is 3.93. The maximum absolute atomic E-state index is 13.2. The minimum Gasteiger partial charge on any atom is -0.507 e. The molecule has 0 aliphatic carbocycles. The number of carbonyl (C=O) groups is 2. The number of amides is 1. The SMILES string of the molecule is CCc1ccc(/C(O)=C2\C(=O)C(=O)N(c3cc(Cl)ccc3C)C2c2ccccc2)cc1. The van der Waals surface area contributed by atoms with Gasteiger partial charge in [-0.15, -0.1) is 0 Å². The zero-order valence-corrected chi connectivity index (χ0v) is 18.1. The highest BCUT2D eigenvalue weighted by Crippen LogP contribution is 2.43. The second kappa shape index (κ2) is 8.40. The van der Waals surface area contributed by atoms with Crippen molar-refractivity contribution >= 4 is 34.7 Å². The molecule has 1 aliphatic heterocycles. The molecule has 0 radical (unpaired) electrons. The Balaban J connectivity index is 1.94. The van der Waals surface area contributed by atoms with Crippen LogP contribution in [0.1, 0.15) is 35.2 Å². The Morgan fingerprint density at radius 3 is 2.32 bits per heavy atom. The van der Waals surface area contributed by atoms with E-state index in [4.69, 9.17) is 11.6 Å². The quantitative estimate of drug-likeness (QED) is 0.321. The van der Waals surface area contributed by atoms with E-state index in [1.54, 1.807) is 24.3 Å². The number of Topliss-reactive ketones (excluding diaryl/α,β-unsaturated/α-hetero) is 1. The van der Waals surface area contributed by atoms with Gasteiger partial charge in [-0.25, -0.2) is 0 Å². The summed E-state index contributed by atoms with van der Waals surface area (Å²) in [6, 6.07) is 21.1. The Labute approximate surface area is 186 Å². The third kappa shape index (κ3) is 3.75. The van der Waals surface area contributed by atoms with E-state index >= 15 is 0 Å². The number of halogens is 1. The summed E-state index contributed by atoms with van der Waals surface area (Å²) in [5, 5.41) is 11.6. The van der Waals surface area contributed by atoms with E-state index in [0.29, 0.717) is 16.3 Å². The highest BCUT2D eigenvalue weighted by Gasteiger charge is 2.47. The molecule has 0 aromatic heterocycles. The first kappa shape index (κ1) is 20.9. The Kier molecular flexibility index (Phi) is 5.66. The van der Waals surface area contributed by atoms with Gasteiger partial charge in [0.1, 0.15) is 5.76 Å². The molecule has 1 saturated heterocycles. The molecule has 0 saturated carbocycles. The van der Waals surface area contributed by atoms with Crippen molar-refractivity contribution in [2.45, 2.75) is 26.3 Å². The van der Waals surface area contributed by atoms with Crippen LogP contribution in [0.25, 0.3) is 5.76 Å². The maximum Gasteiger partial charge on any atom is 0.300 e. The number of ketones is 1. The highest BCUT2D eigenvalue weighted by molar-refractivity contribution is 6.52. The molecule has 1 unspecified atom stereocenters. The molecule has 3 aromatic rings. The number of aliphatic hydroxyl groups is 1. The van der Waals surface area contributed by atoms with Crippen LogP contribution in [0, 0.1) is 6.92 Å². The van der Waals surface area contributed by atoms with E-state index in [1.165, 1.54) is 4.90 Å². The van der Waals surface area contributed by atoms with Crippen molar-refractivity contribution in [3.63, 3.8) is 0 Å². The van der Waals surface area contributed by atoms with Gasteiger partial charge in [-0.3, -0.25) is 14.5 Å². The van der Waals surface area contributed by atoms with Crippen LogP contribution in [0.3, 0.4) is 0 Å². The summed E-state index contributed by atoms with van der Waals surface area (Å²) in [6.45, 7) is 3.90. The topological polar surface area (TPSA) is 57.6 Å². The van der Waals surface area contributed by atoms with E-state index in [-0.39, 0.29) is 11.3 Å². The Morgan fingerprint density at radius 1 is 1.00 bits per heavy atom. The van der Waals surface area contributed by atoms with Crippen LogP contribution in [0.2, 0.25) is 5.02 Å². The lowest BCUT2D eigenvalue weighted by molar-refractivity contribution is -0.132. The monoisotopic (exact) mass is 431 g/mol. The zero-order chi connectivity index (χ0) is 22.1. The molecular formula is C26H22ClNO3. The number of hydrogen-bond acceptors (Lipinski definition) is 3. The lowest BCUT2D eigenvalue weighted by Gasteiger charge is -2.27. The van der Waals surface area contributed by atoms with Gasteiger partial charge in [0.25, 0.3) is 11.7 Å². The number of carbonyl (C=O) groups excluding carboxylic acids is 2. The second-order valence-corrected chi connectivity index (χ2v) is 8.00. The number of benzene rings is 3.